The van der Waals surface area contributed by atoms with E-state index in [1.807, 2.05) is 36.3 Å². The number of amides is 1. The number of rotatable bonds is 11. The van der Waals surface area contributed by atoms with Crippen LogP contribution in [0.1, 0.15) is 17.3 Å². The number of nitrogens with one attached hydrogen (secondary N) is 1. The van der Waals surface area contributed by atoms with Crippen LogP contribution in [0.3, 0.4) is 0 Å². The van der Waals surface area contributed by atoms with E-state index in [-0.39, 0.29) is 30.1 Å². The Labute approximate surface area is 174 Å². The molecule has 2 heterocycles. The van der Waals surface area contributed by atoms with Crippen molar-refractivity contribution >= 4 is 14.3 Å². The van der Waals surface area contributed by atoms with Crippen LogP contribution in [0.5, 0.6) is 0 Å². The normalized spacial score (nSPS) is 30.1. The van der Waals surface area contributed by atoms with Crippen LogP contribution >= 0.6 is 8.38 Å². The highest BCUT2D eigenvalue weighted by Crippen LogP contribution is 2.51. The zero-order valence-corrected chi connectivity index (χ0v) is 18.0. The van der Waals surface area contributed by atoms with Gasteiger partial charge in [0, 0.05) is 24.7 Å². The Morgan fingerprint density at radius 1 is 1.52 bits per heavy atom. The number of hydrogen-bond acceptors (Lipinski definition) is 5. The summed E-state index contributed by atoms with van der Waals surface area (Å²) >= 11 is 0. The van der Waals surface area contributed by atoms with Crippen LogP contribution in [0.2, 0.25) is 0 Å². The Kier molecular flexibility index (Phi) is 7.79. The number of carbonyl (C=O) groups excluding carboxylic acids is 1. The number of fused-ring (bicyclic) bond motifs is 2. The van der Waals surface area contributed by atoms with Crippen molar-refractivity contribution in [2.45, 2.75) is 30.8 Å². The molecule has 0 saturated carbocycles. The Bertz CT molecular complexity index is 691. The third kappa shape index (κ3) is 4.88. The summed E-state index contributed by atoms with van der Waals surface area (Å²) in [7, 11) is 2.62. The molecule has 1 amide bonds. The molecule has 1 aromatic carbocycles. The standard InChI is InChI=1S/C21H31N2O5P/c1-5-15(2)21-14-25-18(19(21)28-29(4)26-12-11-22-3)17(27-21)13-23-20(24)16-9-7-6-8-10-16/h5-10,15,17-19H,1,3,11-14,22H2,2,4H3,(H,23,24)/t15-,17?,18-,19-,21+,29?/m0/s1. The van der Waals surface area contributed by atoms with E-state index in [4.69, 9.17) is 18.5 Å². The SMILES string of the molecule is C=C[C@H](C)[C@@]12CO[C@@H](C(CNC(=O)c3ccccc3)O1)[C@@H]2OP(C)OCC[NH2+][CH2-]. The predicted octanol–water partition coefficient (Wildman–Crippen LogP) is 1.47. The molecule has 2 saturated heterocycles. The molecule has 0 radical (unpaired) electrons. The number of carbonyl (C=O) groups is 1. The Morgan fingerprint density at radius 2 is 2.28 bits per heavy atom. The fourth-order valence-electron chi connectivity index (χ4n) is 3.77. The lowest BCUT2D eigenvalue weighted by molar-refractivity contribution is -0.596. The second kappa shape index (κ2) is 10.1. The van der Waals surface area contributed by atoms with Crippen molar-refractivity contribution in [3.8, 4) is 0 Å². The quantitative estimate of drug-likeness (QED) is 0.244. The van der Waals surface area contributed by atoms with Crippen molar-refractivity contribution in [1.82, 2.24) is 5.32 Å². The lowest BCUT2D eigenvalue weighted by atomic mass is 9.86. The molecule has 160 valence electrons. The van der Waals surface area contributed by atoms with E-state index in [1.54, 1.807) is 12.1 Å². The zero-order valence-electron chi connectivity index (χ0n) is 17.1. The fraction of sp³-hybridized carbons (Fsp3) is 0.524. The molecular weight excluding hydrogens is 391 g/mol. The molecule has 2 aliphatic rings. The van der Waals surface area contributed by atoms with Gasteiger partial charge in [-0.25, -0.2) is 0 Å². The first-order valence-electron chi connectivity index (χ1n) is 9.91. The van der Waals surface area contributed by atoms with E-state index in [0.717, 1.165) is 6.54 Å². The molecule has 3 rings (SSSR count). The summed E-state index contributed by atoms with van der Waals surface area (Å²) in [5, 5.41) is 4.77. The van der Waals surface area contributed by atoms with Crippen LogP contribution in [0.25, 0.3) is 0 Å². The van der Waals surface area contributed by atoms with Gasteiger partial charge in [0.25, 0.3) is 5.91 Å². The number of nitrogens with two attached hydrogens (primary N) is 1. The highest BCUT2D eigenvalue weighted by Gasteiger charge is 2.64. The molecule has 0 spiro atoms. The first-order chi connectivity index (χ1) is 14.0. The van der Waals surface area contributed by atoms with Crippen LogP contribution in [-0.4, -0.2) is 62.8 Å². The minimum absolute atomic E-state index is 0.0314. The maximum Gasteiger partial charge on any atom is 0.251 e. The van der Waals surface area contributed by atoms with Gasteiger partial charge in [-0.15, -0.1) is 6.58 Å². The summed E-state index contributed by atoms with van der Waals surface area (Å²) in [5.41, 5.74) is -0.00121. The molecule has 0 aliphatic carbocycles. The predicted molar refractivity (Wildman–Crippen MR) is 111 cm³/mol. The van der Waals surface area contributed by atoms with Gasteiger partial charge in [0.2, 0.25) is 0 Å². The van der Waals surface area contributed by atoms with Crippen LogP contribution in [0.4, 0.5) is 0 Å². The number of hydrogen-bond donors (Lipinski definition) is 2. The molecule has 29 heavy (non-hydrogen) atoms. The van der Waals surface area contributed by atoms with Crippen molar-refractivity contribution < 1.29 is 28.6 Å². The second-order valence-electron chi connectivity index (χ2n) is 7.36. The monoisotopic (exact) mass is 422 g/mol. The molecule has 1 aromatic rings. The molecule has 2 unspecified atom stereocenters. The van der Waals surface area contributed by atoms with Crippen molar-refractivity contribution in [3.63, 3.8) is 0 Å². The number of quaternary nitrogens is 1. The first kappa shape index (κ1) is 22.3. The summed E-state index contributed by atoms with van der Waals surface area (Å²) in [6.45, 7) is 10.1. The smallest absolute Gasteiger partial charge is 0.251 e. The van der Waals surface area contributed by atoms with Crippen molar-refractivity contribution in [3.05, 3.63) is 55.6 Å². The van der Waals surface area contributed by atoms with Crippen LogP contribution in [0.15, 0.2) is 43.0 Å². The third-order valence-corrected chi connectivity index (χ3v) is 6.57. The minimum Gasteiger partial charge on any atom is -0.477 e. The van der Waals surface area contributed by atoms with Gasteiger partial charge in [-0.2, -0.15) is 7.05 Å². The van der Waals surface area contributed by atoms with Crippen LogP contribution < -0.4 is 10.6 Å². The van der Waals surface area contributed by atoms with Crippen molar-refractivity contribution in [1.29, 1.82) is 0 Å². The third-order valence-electron chi connectivity index (χ3n) is 5.50. The second-order valence-corrected chi connectivity index (χ2v) is 8.71. The highest BCUT2D eigenvalue weighted by molar-refractivity contribution is 7.46. The summed E-state index contributed by atoms with van der Waals surface area (Å²) in [6, 6.07) is 9.13. The molecule has 3 N–H and O–H groups in total. The largest absolute Gasteiger partial charge is 0.477 e. The summed E-state index contributed by atoms with van der Waals surface area (Å²) < 4.78 is 24.6. The fourth-order valence-corrected chi connectivity index (χ4v) is 4.81. The maximum atomic E-state index is 12.4. The average Bonchev–Trinajstić information content (AvgIpc) is 3.24. The molecule has 2 bridgehead atoms. The van der Waals surface area contributed by atoms with E-state index in [1.165, 1.54) is 0 Å². The molecule has 0 aromatic heterocycles. The zero-order chi connectivity index (χ0) is 20.9. The van der Waals surface area contributed by atoms with E-state index < -0.39 is 14.0 Å². The molecule has 2 aliphatic heterocycles. The Hall–Kier alpha value is -1.34. The highest BCUT2D eigenvalue weighted by atomic mass is 31.2. The average molecular weight is 422 g/mol. The van der Waals surface area contributed by atoms with Gasteiger partial charge in [-0.05, 0) is 12.1 Å². The van der Waals surface area contributed by atoms with E-state index in [0.29, 0.717) is 25.3 Å². The molecular formula is C21H31N2O5P. The Morgan fingerprint density at radius 3 is 2.97 bits per heavy atom. The van der Waals surface area contributed by atoms with Crippen LogP contribution in [-0.2, 0) is 18.5 Å². The topological polar surface area (TPSA) is 82.6 Å². The van der Waals surface area contributed by atoms with E-state index in [9.17, 15) is 4.79 Å². The van der Waals surface area contributed by atoms with Crippen molar-refractivity contribution in [2.24, 2.45) is 5.92 Å². The van der Waals surface area contributed by atoms with Gasteiger partial charge in [-0.1, -0.05) is 31.2 Å². The maximum absolute atomic E-state index is 12.4. The lowest BCUT2D eigenvalue weighted by Crippen LogP contribution is -2.77. The van der Waals surface area contributed by atoms with Gasteiger partial charge in [0.1, 0.15) is 30.5 Å². The Balaban J connectivity index is 1.65. The summed E-state index contributed by atoms with van der Waals surface area (Å²) in [5.74, 6) is -0.102. The van der Waals surface area contributed by atoms with Crippen LogP contribution in [0, 0.1) is 13.0 Å². The minimum atomic E-state index is -1.08. The first-order valence-corrected chi connectivity index (χ1v) is 11.5. The molecule has 7 nitrogen and oxygen atoms in total. The van der Waals surface area contributed by atoms with Gasteiger partial charge in [0.05, 0.1) is 13.2 Å². The van der Waals surface area contributed by atoms with Gasteiger partial charge in [0.15, 0.2) is 8.38 Å². The molecule has 2 fully saturated rings. The summed E-state index contributed by atoms with van der Waals surface area (Å²) in [4.78, 5) is 12.4. The van der Waals surface area contributed by atoms with E-state index >= 15 is 0 Å². The lowest BCUT2D eigenvalue weighted by Gasteiger charge is -2.35. The van der Waals surface area contributed by atoms with Gasteiger partial charge in [-0.3, -0.25) is 4.79 Å². The summed E-state index contributed by atoms with van der Waals surface area (Å²) in [6.07, 6.45) is 1.04. The van der Waals surface area contributed by atoms with E-state index in [2.05, 4.69) is 25.9 Å². The van der Waals surface area contributed by atoms with Crippen molar-refractivity contribution in [2.75, 3.05) is 33.0 Å². The number of benzene rings is 1. The number of ether oxygens (including phenoxy) is 2. The van der Waals surface area contributed by atoms with Gasteiger partial charge < -0.3 is 29.2 Å². The molecule has 6 atom stereocenters. The van der Waals surface area contributed by atoms with Gasteiger partial charge >= 0.3 is 0 Å². The molecule has 8 heteroatoms.